The minimum atomic E-state index is 0.197. The van der Waals surface area contributed by atoms with Crippen molar-refractivity contribution >= 4 is 33.2 Å². The van der Waals surface area contributed by atoms with Crippen LogP contribution in [0.5, 0.6) is 5.75 Å². The number of phenols is 1. The van der Waals surface area contributed by atoms with Gasteiger partial charge in [0.05, 0.1) is 17.8 Å². The molecule has 0 bridgehead atoms. The van der Waals surface area contributed by atoms with Crippen molar-refractivity contribution in [2.75, 3.05) is 0 Å². The summed E-state index contributed by atoms with van der Waals surface area (Å²) in [5.41, 5.74) is 3.17. The van der Waals surface area contributed by atoms with Crippen LogP contribution in [0.15, 0.2) is 53.5 Å². The minimum absolute atomic E-state index is 0.197. The van der Waals surface area contributed by atoms with Gasteiger partial charge in [0, 0.05) is 5.56 Å². The van der Waals surface area contributed by atoms with Gasteiger partial charge in [-0.05, 0) is 31.2 Å². The van der Waals surface area contributed by atoms with E-state index in [1.54, 1.807) is 16.8 Å². The number of hydrogen-bond donors (Lipinski definition) is 1. The number of hydrogen-bond acceptors (Lipinski definition) is 7. The average molecular weight is 350 g/mol. The maximum absolute atomic E-state index is 9.90. The highest BCUT2D eigenvalue weighted by Crippen LogP contribution is 2.23. The highest BCUT2D eigenvalue weighted by Gasteiger charge is 2.10. The van der Waals surface area contributed by atoms with E-state index in [-0.39, 0.29) is 5.75 Å². The summed E-state index contributed by atoms with van der Waals surface area (Å²) in [5.74, 6) is 0.197. The molecule has 0 unspecified atom stereocenters. The molecule has 0 spiro atoms. The summed E-state index contributed by atoms with van der Waals surface area (Å²) in [5, 5.41) is 27.8. The lowest BCUT2D eigenvalue weighted by Crippen LogP contribution is -2.01. The Morgan fingerprint density at radius 1 is 1.08 bits per heavy atom. The maximum Gasteiger partial charge on any atom is 0.231 e. The molecule has 0 aliphatic carbocycles. The van der Waals surface area contributed by atoms with Gasteiger partial charge in [-0.3, -0.25) is 0 Å². The summed E-state index contributed by atoms with van der Waals surface area (Å²) in [6.45, 7) is 2.32. The van der Waals surface area contributed by atoms with Crippen LogP contribution >= 0.6 is 11.3 Å². The molecule has 8 heteroatoms. The van der Waals surface area contributed by atoms with Gasteiger partial charge in [0.2, 0.25) is 5.13 Å². The molecule has 4 rings (SSSR count). The quantitative estimate of drug-likeness (QED) is 0.571. The Balaban J connectivity index is 1.58. The van der Waals surface area contributed by atoms with Gasteiger partial charge in [-0.25, -0.2) is 9.67 Å². The fourth-order valence-electron chi connectivity index (χ4n) is 2.50. The zero-order chi connectivity index (χ0) is 17.2. The monoisotopic (exact) mass is 350 g/mol. The van der Waals surface area contributed by atoms with Gasteiger partial charge in [0.1, 0.15) is 16.3 Å². The number of benzene rings is 2. The van der Waals surface area contributed by atoms with Crippen molar-refractivity contribution in [3.63, 3.8) is 0 Å². The van der Waals surface area contributed by atoms with Gasteiger partial charge in [-0.2, -0.15) is 0 Å². The molecule has 1 N–H and O–H groups in total. The molecule has 2 aromatic heterocycles. The lowest BCUT2D eigenvalue weighted by Gasteiger charge is -2.01. The molecule has 25 heavy (non-hydrogen) atoms. The van der Waals surface area contributed by atoms with Crippen molar-refractivity contribution in [3.05, 3.63) is 59.1 Å². The summed E-state index contributed by atoms with van der Waals surface area (Å²) in [6, 6.07) is 14.9. The maximum atomic E-state index is 9.90. The van der Waals surface area contributed by atoms with Crippen molar-refractivity contribution < 1.29 is 5.11 Å². The summed E-state index contributed by atoms with van der Waals surface area (Å²) in [7, 11) is 0. The highest BCUT2D eigenvalue weighted by atomic mass is 32.1. The zero-order valence-electron chi connectivity index (χ0n) is 13.4. The second kappa shape index (κ2) is 6.40. The summed E-state index contributed by atoms with van der Waals surface area (Å²) in [6.07, 6.45) is 0. The van der Waals surface area contributed by atoms with Crippen LogP contribution in [0.2, 0.25) is 0 Å². The Morgan fingerprint density at radius 2 is 1.88 bits per heavy atom. The number of nitrogens with zero attached hydrogens (tertiary/aromatic N) is 6. The topological polar surface area (TPSA) is 89.1 Å². The average Bonchev–Trinajstić information content (AvgIpc) is 3.23. The first-order chi connectivity index (χ1) is 12.2. The van der Waals surface area contributed by atoms with Gasteiger partial charge >= 0.3 is 0 Å². The standard InChI is InChI=1S/C17H14N6OS/c1-11(12-6-2-5-9-15(12)24)18-17-21-20-16(25-17)10-23-14-8-4-3-7-13(14)19-22-23/h2-9,24H,10H2,1H3/b18-11+. The Morgan fingerprint density at radius 3 is 2.76 bits per heavy atom. The lowest BCUT2D eigenvalue weighted by molar-refractivity contribution is 0.474. The lowest BCUT2D eigenvalue weighted by atomic mass is 10.1. The van der Waals surface area contributed by atoms with E-state index in [1.165, 1.54) is 11.3 Å². The molecule has 7 nitrogen and oxygen atoms in total. The van der Waals surface area contributed by atoms with E-state index in [0.29, 0.717) is 23.0 Å². The van der Waals surface area contributed by atoms with Crippen molar-refractivity contribution in [1.82, 2.24) is 25.2 Å². The second-order valence-electron chi connectivity index (χ2n) is 5.43. The highest BCUT2D eigenvalue weighted by molar-refractivity contribution is 7.15. The van der Waals surface area contributed by atoms with Crippen LogP contribution in [0, 0.1) is 0 Å². The number of aromatic nitrogens is 5. The van der Waals surface area contributed by atoms with Crippen LogP contribution < -0.4 is 0 Å². The minimum Gasteiger partial charge on any atom is -0.507 e. The van der Waals surface area contributed by atoms with E-state index in [9.17, 15) is 5.11 Å². The first-order valence-electron chi connectivity index (χ1n) is 7.65. The number of fused-ring (bicyclic) bond motifs is 1. The third-order valence-corrected chi connectivity index (χ3v) is 4.52. The van der Waals surface area contributed by atoms with Crippen molar-refractivity contribution in [1.29, 1.82) is 0 Å². The van der Waals surface area contributed by atoms with Crippen LogP contribution in [-0.2, 0) is 6.54 Å². The largest absolute Gasteiger partial charge is 0.507 e. The van der Waals surface area contributed by atoms with Gasteiger partial charge in [-0.15, -0.1) is 15.3 Å². The SMILES string of the molecule is C/C(=N\c1nnc(Cn2nnc3ccccc32)s1)c1ccccc1O. The third-order valence-electron chi connectivity index (χ3n) is 3.72. The zero-order valence-corrected chi connectivity index (χ0v) is 14.2. The van der Waals surface area contributed by atoms with E-state index in [0.717, 1.165) is 16.0 Å². The number of para-hydroxylation sites is 2. The molecule has 124 valence electrons. The van der Waals surface area contributed by atoms with Crippen molar-refractivity contribution in [3.8, 4) is 5.75 Å². The van der Waals surface area contributed by atoms with E-state index < -0.39 is 0 Å². The molecule has 2 heterocycles. The normalized spacial score (nSPS) is 12.0. The molecular weight excluding hydrogens is 336 g/mol. The number of aliphatic imine (C=N–C) groups is 1. The van der Waals surface area contributed by atoms with Crippen LogP contribution in [-0.4, -0.2) is 36.0 Å². The molecule has 0 amide bonds. The smallest absolute Gasteiger partial charge is 0.231 e. The van der Waals surface area contributed by atoms with E-state index >= 15 is 0 Å². The van der Waals surface area contributed by atoms with Gasteiger partial charge < -0.3 is 5.11 Å². The fourth-order valence-corrected chi connectivity index (χ4v) is 3.24. The molecule has 0 saturated carbocycles. The number of phenolic OH excluding ortho intramolecular Hbond substituents is 1. The van der Waals surface area contributed by atoms with Gasteiger partial charge in [-0.1, -0.05) is 40.8 Å². The molecule has 0 saturated heterocycles. The van der Waals surface area contributed by atoms with Crippen LogP contribution in [0.25, 0.3) is 11.0 Å². The van der Waals surface area contributed by atoms with Crippen LogP contribution in [0.4, 0.5) is 5.13 Å². The molecule has 0 radical (unpaired) electrons. The molecule has 0 fully saturated rings. The summed E-state index contributed by atoms with van der Waals surface area (Å²) < 4.78 is 1.79. The predicted molar refractivity (Wildman–Crippen MR) is 96.5 cm³/mol. The van der Waals surface area contributed by atoms with E-state index in [4.69, 9.17) is 0 Å². The molecule has 0 aliphatic rings. The molecule has 4 aromatic rings. The van der Waals surface area contributed by atoms with Gasteiger partial charge in [0.25, 0.3) is 0 Å². The number of aromatic hydroxyl groups is 1. The summed E-state index contributed by atoms with van der Waals surface area (Å²) >= 11 is 1.39. The Kier molecular flexibility index (Phi) is 3.95. The number of rotatable bonds is 4. The third kappa shape index (κ3) is 3.11. The fraction of sp³-hybridized carbons (Fsp3) is 0.118. The summed E-state index contributed by atoms with van der Waals surface area (Å²) in [4.78, 5) is 4.46. The van der Waals surface area contributed by atoms with E-state index in [2.05, 4.69) is 25.5 Å². The van der Waals surface area contributed by atoms with Crippen LogP contribution in [0.3, 0.4) is 0 Å². The molecular formula is C17H14N6OS. The molecule has 0 atom stereocenters. The van der Waals surface area contributed by atoms with Crippen LogP contribution in [0.1, 0.15) is 17.5 Å². The Bertz CT molecular complexity index is 1070. The van der Waals surface area contributed by atoms with Crippen molar-refractivity contribution in [2.45, 2.75) is 13.5 Å². The molecule has 0 aliphatic heterocycles. The Labute approximate surface area is 147 Å². The first kappa shape index (κ1) is 15.4. The predicted octanol–water partition coefficient (Wildman–Crippen LogP) is 3.18. The second-order valence-corrected chi connectivity index (χ2v) is 6.47. The van der Waals surface area contributed by atoms with Crippen molar-refractivity contribution in [2.24, 2.45) is 4.99 Å². The Hall–Kier alpha value is -3.13. The van der Waals surface area contributed by atoms with E-state index in [1.807, 2.05) is 43.3 Å². The first-order valence-corrected chi connectivity index (χ1v) is 8.46. The van der Waals surface area contributed by atoms with Gasteiger partial charge in [0.15, 0.2) is 0 Å². The molecule has 2 aromatic carbocycles.